The molecule has 4 rings (SSSR count). The first-order valence-corrected chi connectivity index (χ1v) is 13.9. The maximum absolute atomic E-state index is 13.2. The van der Waals surface area contributed by atoms with E-state index in [1.807, 2.05) is 0 Å². The number of benzene rings is 1. The van der Waals surface area contributed by atoms with Crippen LogP contribution in [0.25, 0.3) is 0 Å². The minimum absolute atomic E-state index is 0.0854. The molecule has 0 saturated heterocycles. The molecule has 35 heavy (non-hydrogen) atoms. The normalized spacial score (nSPS) is 27.3. The van der Waals surface area contributed by atoms with Gasteiger partial charge < -0.3 is 5.11 Å². The molecule has 196 valence electrons. The molecule has 6 heteroatoms. The number of carboxylic acid groups (broad SMARTS) is 1. The van der Waals surface area contributed by atoms with E-state index < -0.39 is 17.7 Å². The monoisotopic (exact) mass is 493 g/mol. The zero-order valence-electron chi connectivity index (χ0n) is 20.9. The molecule has 0 aromatic heterocycles. The topological polar surface area (TPSA) is 40.5 Å². The summed E-state index contributed by atoms with van der Waals surface area (Å²) in [5, 5.41) is 9.42. The van der Waals surface area contributed by atoms with Gasteiger partial charge in [-0.15, -0.1) is 0 Å². The highest BCUT2D eigenvalue weighted by molar-refractivity contribution is 5.67. The third-order valence-electron chi connectivity index (χ3n) is 8.96. The van der Waals surface area contributed by atoms with Crippen molar-refractivity contribution in [1.82, 2.24) is 4.90 Å². The van der Waals surface area contributed by atoms with Crippen LogP contribution >= 0.6 is 0 Å². The third kappa shape index (κ3) is 7.47. The van der Waals surface area contributed by atoms with Gasteiger partial charge in [0.2, 0.25) is 0 Å². The highest BCUT2D eigenvalue weighted by Gasteiger charge is 2.38. The molecule has 3 fully saturated rings. The fraction of sp³-hybridized carbons (Fsp3) is 0.759. The molecule has 3 aliphatic rings. The standard InChI is InChI=1S/C29H42F3NO2/c30-29(31,32)25-14-12-24(13-15-25)26-17-23(18-28(34)35)11-16-27(26)33(19-21-7-3-1-4-8-21)20-22-9-5-2-6-10-22/h12-15,21-23,26-27H,1-11,16-20H2,(H,34,35). The second-order valence-corrected chi connectivity index (χ2v) is 11.5. The first-order valence-electron chi connectivity index (χ1n) is 13.9. The lowest BCUT2D eigenvalue weighted by Gasteiger charge is -2.46. The van der Waals surface area contributed by atoms with Crippen LogP contribution in [-0.2, 0) is 11.0 Å². The van der Waals surface area contributed by atoms with Gasteiger partial charge in [0.25, 0.3) is 0 Å². The van der Waals surface area contributed by atoms with E-state index in [1.54, 1.807) is 12.1 Å². The maximum Gasteiger partial charge on any atom is 0.416 e. The summed E-state index contributed by atoms with van der Waals surface area (Å²) < 4.78 is 39.7. The van der Waals surface area contributed by atoms with E-state index in [0.717, 1.165) is 37.9 Å². The Morgan fingerprint density at radius 1 is 0.800 bits per heavy atom. The van der Waals surface area contributed by atoms with Crippen LogP contribution in [0.1, 0.15) is 107 Å². The summed E-state index contributed by atoms with van der Waals surface area (Å²) in [5.74, 6) is 0.806. The minimum atomic E-state index is -4.34. The van der Waals surface area contributed by atoms with E-state index in [4.69, 9.17) is 0 Å². The number of hydrogen-bond acceptors (Lipinski definition) is 2. The SMILES string of the molecule is O=C(O)CC1CCC(N(CC2CCCCC2)CC2CCCCC2)C(c2ccc(C(F)(F)F)cc2)C1. The van der Waals surface area contributed by atoms with E-state index in [0.29, 0.717) is 11.8 Å². The van der Waals surface area contributed by atoms with E-state index in [-0.39, 0.29) is 24.3 Å². The van der Waals surface area contributed by atoms with Gasteiger partial charge in [-0.1, -0.05) is 50.7 Å². The van der Waals surface area contributed by atoms with Gasteiger partial charge in [0.15, 0.2) is 0 Å². The number of nitrogens with zero attached hydrogens (tertiary/aromatic N) is 1. The number of hydrogen-bond donors (Lipinski definition) is 1. The van der Waals surface area contributed by atoms with E-state index >= 15 is 0 Å². The van der Waals surface area contributed by atoms with Crippen LogP contribution in [0, 0.1) is 17.8 Å². The molecule has 3 saturated carbocycles. The predicted molar refractivity (Wildman–Crippen MR) is 132 cm³/mol. The molecule has 0 radical (unpaired) electrons. The molecular weight excluding hydrogens is 451 g/mol. The summed E-state index contributed by atoms with van der Waals surface area (Å²) in [4.78, 5) is 14.2. The Morgan fingerprint density at radius 2 is 1.34 bits per heavy atom. The first-order chi connectivity index (χ1) is 16.8. The number of carboxylic acids is 1. The predicted octanol–water partition coefficient (Wildman–Crippen LogP) is 7.90. The molecule has 3 aliphatic carbocycles. The summed E-state index contributed by atoms with van der Waals surface area (Å²) >= 11 is 0. The van der Waals surface area contributed by atoms with Gasteiger partial charge in [0, 0.05) is 25.6 Å². The maximum atomic E-state index is 13.2. The van der Waals surface area contributed by atoms with Crippen molar-refractivity contribution in [3.63, 3.8) is 0 Å². The first kappa shape index (κ1) is 26.5. The molecular formula is C29H42F3NO2. The average molecular weight is 494 g/mol. The summed E-state index contributed by atoms with van der Waals surface area (Å²) in [6, 6.07) is 6.01. The van der Waals surface area contributed by atoms with Crippen molar-refractivity contribution in [2.24, 2.45) is 17.8 Å². The van der Waals surface area contributed by atoms with Gasteiger partial charge >= 0.3 is 12.1 Å². The van der Waals surface area contributed by atoms with Crippen LogP contribution in [0.3, 0.4) is 0 Å². The quantitative estimate of drug-likeness (QED) is 0.400. The molecule has 0 spiro atoms. The molecule has 3 atom stereocenters. The highest BCUT2D eigenvalue weighted by Crippen LogP contribution is 2.43. The fourth-order valence-electron chi connectivity index (χ4n) is 7.14. The number of halogens is 3. The number of alkyl halides is 3. The van der Waals surface area contributed by atoms with Crippen LogP contribution in [0.15, 0.2) is 24.3 Å². The van der Waals surface area contributed by atoms with E-state index in [9.17, 15) is 23.1 Å². The second-order valence-electron chi connectivity index (χ2n) is 11.5. The lowest BCUT2D eigenvalue weighted by molar-refractivity contribution is -0.139. The Bertz CT molecular complexity index is 777. The molecule has 0 bridgehead atoms. The molecule has 0 aliphatic heterocycles. The lowest BCUT2D eigenvalue weighted by atomic mass is 9.72. The van der Waals surface area contributed by atoms with Crippen LogP contribution in [0.2, 0.25) is 0 Å². The number of carbonyl (C=O) groups is 1. The van der Waals surface area contributed by atoms with Gasteiger partial charge in [0.05, 0.1) is 5.56 Å². The van der Waals surface area contributed by atoms with Crippen molar-refractivity contribution >= 4 is 5.97 Å². The summed E-state index contributed by atoms with van der Waals surface area (Å²) in [5.41, 5.74) is 0.326. The van der Waals surface area contributed by atoms with Crippen molar-refractivity contribution in [2.45, 2.75) is 108 Å². The van der Waals surface area contributed by atoms with Gasteiger partial charge in [-0.05, 0) is 86.3 Å². The summed E-state index contributed by atoms with van der Waals surface area (Å²) in [6.07, 6.45) is 11.3. The number of rotatable bonds is 8. The molecule has 1 aromatic carbocycles. The van der Waals surface area contributed by atoms with Gasteiger partial charge in [-0.3, -0.25) is 9.69 Å². The molecule has 0 amide bonds. The summed E-state index contributed by atoms with van der Waals surface area (Å²) in [7, 11) is 0. The second kappa shape index (κ2) is 12.1. The largest absolute Gasteiger partial charge is 0.481 e. The van der Waals surface area contributed by atoms with Crippen molar-refractivity contribution in [3.8, 4) is 0 Å². The highest BCUT2D eigenvalue weighted by atomic mass is 19.4. The molecule has 0 heterocycles. The van der Waals surface area contributed by atoms with Gasteiger partial charge in [-0.2, -0.15) is 13.2 Å². The van der Waals surface area contributed by atoms with Crippen LogP contribution in [-0.4, -0.2) is 35.1 Å². The summed E-state index contributed by atoms with van der Waals surface area (Å²) in [6.45, 7) is 2.17. The average Bonchev–Trinajstić information content (AvgIpc) is 2.84. The van der Waals surface area contributed by atoms with Gasteiger partial charge in [0.1, 0.15) is 0 Å². The van der Waals surface area contributed by atoms with Crippen LogP contribution in [0.4, 0.5) is 13.2 Å². The zero-order valence-corrected chi connectivity index (χ0v) is 20.9. The van der Waals surface area contributed by atoms with E-state index in [2.05, 4.69) is 4.90 Å². The smallest absolute Gasteiger partial charge is 0.416 e. The van der Waals surface area contributed by atoms with E-state index in [1.165, 1.54) is 76.3 Å². The molecule has 1 aromatic rings. The third-order valence-corrected chi connectivity index (χ3v) is 8.96. The Balaban J connectivity index is 1.58. The van der Waals surface area contributed by atoms with Crippen molar-refractivity contribution < 1.29 is 23.1 Å². The zero-order chi connectivity index (χ0) is 24.8. The van der Waals surface area contributed by atoms with Crippen molar-refractivity contribution in [3.05, 3.63) is 35.4 Å². The van der Waals surface area contributed by atoms with Gasteiger partial charge in [-0.25, -0.2) is 0 Å². The van der Waals surface area contributed by atoms with Crippen LogP contribution in [0.5, 0.6) is 0 Å². The molecule has 3 unspecified atom stereocenters. The Morgan fingerprint density at radius 3 is 1.83 bits per heavy atom. The molecule has 1 N–H and O–H groups in total. The Labute approximate surface area is 208 Å². The Hall–Kier alpha value is -1.56. The lowest BCUT2D eigenvalue weighted by Crippen LogP contribution is -2.47. The minimum Gasteiger partial charge on any atom is -0.481 e. The van der Waals surface area contributed by atoms with Crippen molar-refractivity contribution in [2.75, 3.05) is 13.1 Å². The van der Waals surface area contributed by atoms with Crippen molar-refractivity contribution in [1.29, 1.82) is 0 Å². The fourth-order valence-corrected chi connectivity index (χ4v) is 7.14. The van der Waals surface area contributed by atoms with Crippen LogP contribution < -0.4 is 0 Å². The Kier molecular flexibility index (Phi) is 9.18. The molecule has 3 nitrogen and oxygen atoms in total. The number of aliphatic carboxylic acids is 1.